The first-order chi connectivity index (χ1) is 12.1. The van der Waals surface area contributed by atoms with Crippen molar-refractivity contribution in [2.24, 2.45) is 5.92 Å². The highest BCUT2D eigenvalue weighted by atomic mass is 35.5. The standard InChI is InChI=1S/C19H25N3O2S.ClH/c23-25(24,14-17-4-1-3-16-5-2-10-20-19(16)17)22-11-8-18(9-12-22)21-13-15-6-7-15;/h1-5,10,15,18,21H,6-9,11-14H2;1H. The Morgan fingerprint density at radius 2 is 1.81 bits per heavy atom. The molecule has 4 rings (SSSR count). The molecular weight excluding hydrogens is 370 g/mol. The minimum atomic E-state index is -3.30. The van der Waals surface area contributed by atoms with E-state index in [1.807, 2.05) is 30.3 Å². The quantitative estimate of drug-likeness (QED) is 0.816. The molecule has 7 heteroatoms. The number of piperidine rings is 1. The number of nitrogens with one attached hydrogen (secondary N) is 1. The summed E-state index contributed by atoms with van der Waals surface area (Å²) < 4.78 is 27.4. The highest BCUT2D eigenvalue weighted by Crippen LogP contribution is 2.28. The van der Waals surface area contributed by atoms with Crippen LogP contribution in [-0.2, 0) is 15.8 Å². The van der Waals surface area contributed by atoms with Crippen molar-refractivity contribution in [3.8, 4) is 0 Å². The van der Waals surface area contributed by atoms with Gasteiger partial charge in [0.1, 0.15) is 0 Å². The van der Waals surface area contributed by atoms with E-state index in [1.54, 1.807) is 10.5 Å². The molecule has 1 aromatic heterocycles. The highest BCUT2D eigenvalue weighted by Gasteiger charge is 2.29. The van der Waals surface area contributed by atoms with Crippen molar-refractivity contribution in [3.05, 3.63) is 42.1 Å². The van der Waals surface area contributed by atoms with Crippen LogP contribution in [0.5, 0.6) is 0 Å². The number of halogens is 1. The molecule has 0 bridgehead atoms. The van der Waals surface area contributed by atoms with Gasteiger partial charge in [0.15, 0.2) is 0 Å². The molecule has 0 unspecified atom stereocenters. The molecule has 0 radical (unpaired) electrons. The van der Waals surface area contributed by atoms with Crippen LogP contribution in [0.1, 0.15) is 31.2 Å². The van der Waals surface area contributed by atoms with E-state index in [0.717, 1.165) is 41.8 Å². The SMILES string of the molecule is Cl.O=S(=O)(Cc1cccc2cccnc12)N1CCC(NCC2CC2)CC1. The molecule has 0 amide bonds. The predicted octanol–water partition coefficient (Wildman–Crippen LogP) is 2.95. The fourth-order valence-electron chi connectivity index (χ4n) is 3.57. The first-order valence-corrected chi connectivity index (χ1v) is 10.8. The number of nitrogens with zero attached hydrogens (tertiary/aromatic N) is 2. The van der Waals surface area contributed by atoms with E-state index in [2.05, 4.69) is 10.3 Å². The second-order valence-corrected chi connectivity index (χ2v) is 9.24. The fourth-order valence-corrected chi connectivity index (χ4v) is 5.14. The lowest BCUT2D eigenvalue weighted by atomic mass is 10.1. The number of benzene rings is 1. The molecule has 1 saturated carbocycles. The lowest BCUT2D eigenvalue weighted by Crippen LogP contribution is -2.45. The molecule has 1 aliphatic heterocycles. The van der Waals surface area contributed by atoms with Crippen molar-refractivity contribution < 1.29 is 8.42 Å². The van der Waals surface area contributed by atoms with Gasteiger partial charge < -0.3 is 5.32 Å². The van der Waals surface area contributed by atoms with Crippen LogP contribution in [0.2, 0.25) is 0 Å². The van der Waals surface area contributed by atoms with Gasteiger partial charge in [-0.3, -0.25) is 4.98 Å². The molecule has 0 atom stereocenters. The van der Waals surface area contributed by atoms with Crippen molar-refractivity contribution in [1.29, 1.82) is 0 Å². The molecular formula is C19H26ClN3O2S. The number of para-hydroxylation sites is 1. The van der Waals surface area contributed by atoms with Crippen LogP contribution >= 0.6 is 12.4 Å². The Kier molecular flexibility index (Phi) is 6.17. The maximum absolute atomic E-state index is 12.9. The van der Waals surface area contributed by atoms with Crippen molar-refractivity contribution in [2.45, 2.75) is 37.5 Å². The summed E-state index contributed by atoms with van der Waals surface area (Å²) in [7, 11) is -3.30. The van der Waals surface area contributed by atoms with Gasteiger partial charge in [-0.15, -0.1) is 12.4 Å². The van der Waals surface area contributed by atoms with Crippen molar-refractivity contribution >= 4 is 33.3 Å². The molecule has 142 valence electrons. The maximum atomic E-state index is 12.9. The third kappa shape index (κ3) is 4.55. The average molecular weight is 396 g/mol. The zero-order chi connectivity index (χ0) is 17.3. The van der Waals surface area contributed by atoms with E-state index in [9.17, 15) is 8.42 Å². The predicted molar refractivity (Wildman–Crippen MR) is 107 cm³/mol. The molecule has 1 aliphatic carbocycles. The second-order valence-electron chi connectivity index (χ2n) is 7.27. The molecule has 2 fully saturated rings. The summed E-state index contributed by atoms with van der Waals surface area (Å²) in [6.07, 6.45) is 6.22. The van der Waals surface area contributed by atoms with E-state index in [1.165, 1.54) is 12.8 Å². The van der Waals surface area contributed by atoms with Crippen LogP contribution in [0, 0.1) is 5.92 Å². The summed E-state index contributed by atoms with van der Waals surface area (Å²) in [6, 6.07) is 10.1. The topological polar surface area (TPSA) is 62.3 Å². The zero-order valence-corrected chi connectivity index (χ0v) is 16.4. The minimum absolute atomic E-state index is 0. The van der Waals surface area contributed by atoms with Crippen LogP contribution in [0.3, 0.4) is 0 Å². The third-order valence-electron chi connectivity index (χ3n) is 5.29. The zero-order valence-electron chi connectivity index (χ0n) is 14.8. The minimum Gasteiger partial charge on any atom is -0.314 e. The van der Waals surface area contributed by atoms with E-state index >= 15 is 0 Å². The monoisotopic (exact) mass is 395 g/mol. The number of pyridine rings is 1. The number of hydrogen-bond acceptors (Lipinski definition) is 4. The van der Waals surface area contributed by atoms with Crippen molar-refractivity contribution in [3.63, 3.8) is 0 Å². The summed E-state index contributed by atoms with van der Waals surface area (Å²) in [5, 5.41) is 4.58. The Balaban J connectivity index is 0.00000196. The number of aromatic nitrogens is 1. The van der Waals surface area contributed by atoms with Gasteiger partial charge in [0.25, 0.3) is 0 Å². The Morgan fingerprint density at radius 3 is 2.54 bits per heavy atom. The maximum Gasteiger partial charge on any atom is 0.218 e. The van der Waals surface area contributed by atoms with Gasteiger partial charge in [0.2, 0.25) is 10.0 Å². The molecule has 1 aromatic carbocycles. The molecule has 2 heterocycles. The Labute approximate surface area is 161 Å². The summed E-state index contributed by atoms with van der Waals surface area (Å²) >= 11 is 0. The van der Waals surface area contributed by atoms with E-state index in [4.69, 9.17) is 0 Å². The summed E-state index contributed by atoms with van der Waals surface area (Å²) in [4.78, 5) is 4.38. The second kappa shape index (κ2) is 8.21. The van der Waals surface area contributed by atoms with Gasteiger partial charge in [-0.05, 0) is 49.8 Å². The van der Waals surface area contributed by atoms with Gasteiger partial charge in [-0.25, -0.2) is 12.7 Å². The van der Waals surface area contributed by atoms with Crippen LogP contribution in [0.25, 0.3) is 10.9 Å². The van der Waals surface area contributed by atoms with E-state index in [0.29, 0.717) is 19.1 Å². The van der Waals surface area contributed by atoms with Crippen LogP contribution in [0.15, 0.2) is 36.5 Å². The van der Waals surface area contributed by atoms with Gasteiger partial charge >= 0.3 is 0 Å². The van der Waals surface area contributed by atoms with E-state index < -0.39 is 10.0 Å². The number of hydrogen-bond donors (Lipinski definition) is 1. The number of sulfonamides is 1. The average Bonchev–Trinajstić information content (AvgIpc) is 3.45. The van der Waals surface area contributed by atoms with Crippen LogP contribution in [-0.4, -0.2) is 43.4 Å². The smallest absolute Gasteiger partial charge is 0.218 e. The molecule has 2 aliphatic rings. The number of rotatable bonds is 6. The van der Waals surface area contributed by atoms with Gasteiger partial charge in [0, 0.05) is 30.7 Å². The fraction of sp³-hybridized carbons (Fsp3) is 0.526. The van der Waals surface area contributed by atoms with Crippen LogP contribution < -0.4 is 5.32 Å². The normalized spacial score (nSPS) is 19.4. The molecule has 1 saturated heterocycles. The Morgan fingerprint density at radius 1 is 1.08 bits per heavy atom. The summed E-state index contributed by atoms with van der Waals surface area (Å²) in [5.74, 6) is 0.891. The molecule has 2 aromatic rings. The van der Waals surface area contributed by atoms with Gasteiger partial charge in [-0.1, -0.05) is 24.3 Å². The number of fused-ring (bicyclic) bond motifs is 1. The summed E-state index contributed by atoms with van der Waals surface area (Å²) in [6.45, 7) is 2.32. The van der Waals surface area contributed by atoms with Gasteiger partial charge in [-0.2, -0.15) is 0 Å². The Hall–Kier alpha value is -1.21. The molecule has 0 spiro atoms. The molecule has 1 N–H and O–H groups in total. The largest absolute Gasteiger partial charge is 0.314 e. The molecule has 26 heavy (non-hydrogen) atoms. The first kappa shape index (κ1) is 19.5. The summed E-state index contributed by atoms with van der Waals surface area (Å²) in [5.41, 5.74) is 1.57. The lowest BCUT2D eigenvalue weighted by molar-refractivity contribution is 0.287. The lowest BCUT2D eigenvalue weighted by Gasteiger charge is -2.31. The van der Waals surface area contributed by atoms with E-state index in [-0.39, 0.29) is 18.2 Å². The van der Waals surface area contributed by atoms with Gasteiger partial charge in [0.05, 0.1) is 11.3 Å². The first-order valence-electron chi connectivity index (χ1n) is 9.16. The third-order valence-corrected chi connectivity index (χ3v) is 7.12. The molecule has 5 nitrogen and oxygen atoms in total. The Bertz CT molecular complexity index is 841. The van der Waals surface area contributed by atoms with Crippen molar-refractivity contribution in [1.82, 2.24) is 14.6 Å². The van der Waals surface area contributed by atoms with Crippen molar-refractivity contribution in [2.75, 3.05) is 19.6 Å². The highest BCUT2D eigenvalue weighted by molar-refractivity contribution is 7.88. The van der Waals surface area contributed by atoms with Crippen LogP contribution in [0.4, 0.5) is 0 Å².